The van der Waals surface area contributed by atoms with Gasteiger partial charge in [-0.25, -0.2) is 0 Å². The Hall–Kier alpha value is -1.87. The van der Waals surface area contributed by atoms with Crippen molar-refractivity contribution in [3.05, 3.63) is 59.2 Å². The van der Waals surface area contributed by atoms with E-state index in [0.29, 0.717) is 5.11 Å². The normalized spacial score (nSPS) is 11.1. The molecule has 22 heavy (non-hydrogen) atoms. The highest BCUT2D eigenvalue weighted by Gasteiger charge is 2.17. The number of benzene rings is 2. The minimum absolute atomic E-state index is 0.0686. The van der Waals surface area contributed by atoms with Crippen molar-refractivity contribution < 1.29 is 0 Å². The molecule has 0 saturated carbocycles. The molecule has 2 N–H and O–H groups in total. The molecule has 0 heterocycles. The summed E-state index contributed by atoms with van der Waals surface area (Å²) < 4.78 is 0. The van der Waals surface area contributed by atoms with E-state index in [0.717, 1.165) is 11.4 Å². The average molecular weight is 312 g/mol. The SMILES string of the molecule is Cc1cc(C)cc(NC(=S)Nc2ccccc2C(C)(C)C)c1. The number of para-hydroxylation sites is 1. The molecule has 0 bridgehead atoms. The molecule has 3 heteroatoms. The number of hydrogen-bond donors (Lipinski definition) is 2. The average Bonchev–Trinajstić information content (AvgIpc) is 2.36. The molecule has 116 valence electrons. The van der Waals surface area contributed by atoms with E-state index in [1.807, 2.05) is 6.07 Å². The summed E-state index contributed by atoms with van der Waals surface area (Å²) >= 11 is 5.46. The highest BCUT2D eigenvalue weighted by molar-refractivity contribution is 7.80. The summed E-state index contributed by atoms with van der Waals surface area (Å²) in [6.07, 6.45) is 0. The number of aryl methyl sites for hydroxylation is 2. The van der Waals surface area contributed by atoms with Crippen LogP contribution in [0.5, 0.6) is 0 Å². The Balaban J connectivity index is 2.16. The van der Waals surface area contributed by atoms with Crippen molar-refractivity contribution in [3.63, 3.8) is 0 Å². The summed E-state index contributed by atoms with van der Waals surface area (Å²) in [6.45, 7) is 10.8. The van der Waals surface area contributed by atoms with Gasteiger partial charge < -0.3 is 10.6 Å². The molecule has 0 fully saturated rings. The third-order valence-electron chi connectivity index (χ3n) is 3.46. The van der Waals surface area contributed by atoms with E-state index in [9.17, 15) is 0 Å². The third kappa shape index (κ3) is 4.31. The van der Waals surface area contributed by atoms with Crippen LogP contribution in [0.2, 0.25) is 0 Å². The number of rotatable bonds is 2. The maximum absolute atomic E-state index is 5.46. The molecule has 0 saturated heterocycles. The summed E-state index contributed by atoms with van der Waals surface area (Å²) in [6, 6.07) is 14.6. The molecular formula is C19H24N2S. The Labute approximate surface area is 139 Å². The zero-order valence-electron chi connectivity index (χ0n) is 13.9. The molecule has 2 rings (SSSR count). The molecule has 0 atom stereocenters. The second-order valence-electron chi connectivity index (χ2n) is 6.75. The van der Waals surface area contributed by atoms with Gasteiger partial charge in [0.1, 0.15) is 0 Å². The second kappa shape index (κ2) is 6.49. The van der Waals surface area contributed by atoms with E-state index in [1.54, 1.807) is 0 Å². The maximum Gasteiger partial charge on any atom is 0.175 e. The van der Waals surface area contributed by atoms with Crippen molar-refractivity contribution in [3.8, 4) is 0 Å². The lowest BCUT2D eigenvalue weighted by atomic mass is 9.86. The van der Waals surface area contributed by atoms with Gasteiger partial charge >= 0.3 is 0 Å². The fraction of sp³-hybridized carbons (Fsp3) is 0.316. The van der Waals surface area contributed by atoms with Gasteiger partial charge in [-0.3, -0.25) is 0 Å². The molecule has 2 nitrogen and oxygen atoms in total. The van der Waals surface area contributed by atoms with Crippen LogP contribution in [0.15, 0.2) is 42.5 Å². The quantitative estimate of drug-likeness (QED) is 0.725. The van der Waals surface area contributed by atoms with Gasteiger partial charge in [-0.05, 0) is 66.4 Å². The van der Waals surface area contributed by atoms with Gasteiger partial charge in [-0.15, -0.1) is 0 Å². The lowest BCUT2D eigenvalue weighted by Gasteiger charge is -2.23. The van der Waals surface area contributed by atoms with Crippen LogP contribution in [-0.4, -0.2) is 5.11 Å². The predicted octanol–water partition coefficient (Wildman–Crippen LogP) is 5.41. The van der Waals surface area contributed by atoms with E-state index in [1.165, 1.54) is 16.7 Å². The van der Waals surface area contributed by atoms with Crippen LogP contribution in [0.25, 0.3) is 0 Å². The second-order valence-corrected chi connectivity index (χ2v) is 7.16. The Morgan fingerprint density at radius 1 is 0.909 bits per heavy atom. The van der Waals surface area contributed by atoms with E-state index < -0.39 is 0 Å². The summed E-state index contributed by atoms with van der Waals surface area (Å²) in [7, 11) is 0. The van der Waals surface area contributed by atoms with Crippen LogP contribution in [0.4, 0.5) is 11.4 Å². The predicted molar refractivity (Wildman–Crippen MR) is 101 cm³/mol. The van der Waals surface area contributed by atoms with Gasteiger partial charge in [0.25, 0.3) is 0 Å². The van der Waals surface area contributed by atoms with Gasteiger partial charge in [0.05, 0.1) is 0 Å². The zero-order chi connectivity index (χ0) is 16.3. The highest BCUT2D eigenvalue weighted by Crippen LogP contribution is 2.29. The lowest BCUT2D eigenvalue weighted by molar-refractivity contribution is 0.592. The molecule has 0 amide bonds. The molecule has 0 unspecified atom stereocenters. The first kappa shape index (κ1) is 16.5. The zero-order valence-corrected chi connectivity index (χ0v) is 14.8. The summed E-state index contributed by atoms with van der Waals surface area (Å²) in [5, 5.41) is 7.21. The molecule has 0 spiro atoms. The fourth-order valence-electron chi connectivity index (χ4n) is 2.58. The Kier molecular flexibility index (Phi) is 4.87. The van der Waals surface area contributed by atoms with Crippen molar-refractivity contribution in [1.29, 1.82) is 0 Å². The number of thiocarbonyl (C=S) groups is 1. The highest BCUT2D eigenvalue weighted by atomic mass is 32.1. The van der Waals surface area contributed by atoms with Gasteiger partial charge in [0, 0.05) is 11.4 Å². The van der Waals surface area contributed by atoms with Crippen LogP contribution >= 0.6 is 12.2 Å². The van der Waals surface area contributed by atoms with Gasteiger partial charge in [0.15, 0.2) is 5.11 Å². The van der Waals surface area contributed by atoms with Crippen LogP contribution in [0, 0.1) is 13.8 Å². The number of hydrogen-bond acceptors (Lipinski definition) is 1. The van der Waals surface area contributed by atoms with E-state index in [4.69, 9.17) is 12.2 Å². The van der Waals surface area contributed by atoms with Crippen molar-refractivity contribution in [2.45, 2.75) is 40.0 Å². The first-order valence-electron chi connectivity index (χ1n) is 7.51. The number of nitrogens with one attached hydrogen (secondary N) is 2. The molecular weight excluding hydrogens is 288 g/mol. The smallest absolute Gasteiger partial charge is 0.175 e. The Morgan fingerprint density at radius 3 is 2.09 bits per heavy atom. The van der Waals surface area contributed by atoms with Crippen molar-refractivity contribution in [2.24, 2.45) is 0 Å². The van der Waals surface area contributed by atoms with Crippen molar-refractivity contribution >= 4 is 28.7 Å². The summed E-state index contributed by atoms with van der Waals surface area (Å²) in [4.78, 5) is 0. The topological polar surface area (TPSA) is 24.1 Å². The summed E-state index contributed by atoms with van der Waals surface area (Å²) in [5.74, 6) is 0. The van der Waals surface area contributed by atoms with Crippen LogP contribution in [0.1, 0.15) is 37.5 Å². The maximum atomic E-state index is 5.46. The van der Waals surface area contributed by atoms with Crippen LogP contribution < -0.4 is 10.6 Å². The van der Waals surface area contributed by atoms with Crippen molar-refractivity contribution in [1.82, 2.24) is 0 Å². The van der Waals surface area contributed by atoms with Gasteiger partial charge in [-0.1, -0.05) is 45.0 Å². The summed E-state index contributed by atoms with van der Waals surface area (Å²) in [5.41, 5.74) is 5.83. The monoisotopic (exact) mass is 312 g/mol. The molecule has 0 aliphatic carbocycles. The molecule has 0 aliphatic rings. The van der Waals surface area contributed by atoms with Gasteiger partial charge in [-0.2, -0.15) is 0 Å². The first-order valence-corrected chi connectivity index (χ1v) is 7.92. The Bertz CT molecular complexity index is 664. The minimum atomic E-state index is 0.0686. The van der Waals surface area contributed by atoms with E-state index in [2.05, 4.69) is 81.7 Å². The molecule has 2 aromatic rings. The van der Waals surface area contributed by atoms with Crippen molar-refractivity contribution in [2.75, 3.05) is 10.6 Å². The van der Waals surface area contributed by atoms with E-state index >= 15 is 0 Å². The third-order valence-corrected chi connectivity index (χ3v) is 3.67. The van der Waals surface area contributed by atoms with Crippen LogP contribution in [0.3, 0.4) is 0 Å². The molecule has 2 aromatic carbocycles. The van der Waals surface area contributed by atoms with E-state index in [-0.39, 0.29) is 5.41 Å². The lowest BCUT2D eigenvalue weighted by Crippen LogP contribution is -2.22. The minimum Gasteiger partial charge on any atom is -0.332 e. The standard InChI is InChI=1S/C19H24N2S/c1-13-10-14(2)12-15(11-13)20-18(22)21-17-9-7-6-8-16(17)19(3,4)5/h6-12H,1-5H3,(H2,20,21,22). The first-order chi connectivity index (χ1) is 10.3. The number of anilines is 2. The largest absolute Gasteiger partial charge is 0.332 e. The molecule has 0 radical (unpaired) electrons. The van der Waals surface area contributed by atoms with Gasteiger partial charge in [0.2, 0.25) is 0 Å². The Morgan fingerprint density at radius 2 is 1.50 bits per heavy atom. The van der Waals surface area contributed by atoms with Crippen LogP contribution in [-0.2, 0) is 5.41 Å². The molecule has 0 aromatic heterocycles. The molecule has 0 aliphatic heterocycles. The fourth-order valence-corrected chi connectivity index (χ4v) is 2.81.